The van der Waals surface area contributed by atoms with E-state index < -0.39 is 0 Å². The first-order valence-corrected chi connectivity index (χ1v) is 39.9. The Morgan fingerprint density at radius 1 is 0.295 bits per heavy atom. The second-order valence-corrected chi connectivity index (χ2v) is 34.7. The van der Waals surface area contributed by atoms with E-state index in [1.807, 2.05) is 12.1 Å². The van der Waals surface area contributed by atoms with Gasteiger partial charge in [0.05, 0.1) is 11.6 Å². The molecule has 24 rings (SSSR count). The first-order valence-electron chi connectivity index (χ1n) is 39.9. The zero-order valence-corrected chi connectivity index (χ0v) is 60.5. The van der Waals surface area contributed by atoms with E-state index in [4.69, 9.17) is 0 Å². The van der Waals surface area contributed by atoms with E-state index in [1.165, 1.54) is 191 Å². The van der Waals surface area contributed by atoms with Crippen LogP contribution in [0, 0.1) is 64.1 Å². The van der Waals surface area contributed by atoms with Gasteiger partial charge in [-0.3, -0.25) is 0 Å². The fourth-order valence-electron chi connectivity index (χ4n) is 25.7. The standard InChI is InChI=1S/C102H89N3/c1-99(2)93-17-9-6-14-87(93)90-47-44-86(59-98(90)99)105(83-42-34-74(35-43-83)69-22-20-64(63-103)21-23-69)85-46-49-97-92(58-85)89-16-8-11-19-95(89)102(97)79-55-67-56-80(102)62-100(60-67,61-79)76-36-28-72(29-37-76)70-24-26-71(27-25-70)75-32-40-82(41-33-75)104(81-38-30-73(31-39-81)68-12-4-3-5-13-68)84-45-48-96-91(57-84)88-15-7-10-18-94(88)101(96)77-51-65-50-66(53-77)54-78(101)52-65/h3-27,30-35,38-49,57-59,65-67,72,76-80H,28-29,36-37,50-56,60-62H2,1-2H3. The average molecular weight is 1360 g/mol. The Hall–Kier alpha value is -10.3. The van der Waals surface area contributed by atoms with Crippen LogP contribution >= 0.6 is 0 Å². The maximum atomic E-state index is 9.57. The highest BCUT2D eigenvalue weighted by atomic mass is 15.1. The summed E-state index contributed by atoms with van der Waals surface area (Å²) in [6, 6.07) is 110. The van der Waals surface area contributed by atoms with Crippen molar-refractivity contribution in [3.8, 4) is 72.8 Å². The van der Waals surface area contributed by atoms with Crippen LogP contribution in [0.3, 0.4) is 0 Å². The minimum Gasteiger partial charge on any atom is -0.310 e. The molecule has 0 aromatic heterocycles. The molecule has 9 fully saturated rings. The largest absolute Gasteiger partial charge is 0.310 e. The average Bonchev–Trinajstić information content (AvgIpc) is 1.60. The minimum atomic E-state index is -0.128. The van der Waals surface area contributed by atoms with Gasteiger partial charge in [-0.1, -0.05) is 208 Å². The van der Waals surface area contributed by atoms with E-state index in [2.05, 4.69) is 297 Å². The Kier molecular flexibility index (Phi) is 13.8. The van der Waals surface area contributed by atoms with Gasteiger partial charge in [-0.05, 0) is 339 Å². The van der Waals surface area contributed by atoms with Gasteiger partial charge in [0.25, 0.3) is 0 Å². The maximum absolute atomic E-state index is 9.57. The Morgan fingerprint density at radius 3 is 1.19 bits per heavy atom. The summed E-state index contributed by atoms with van der Waals surface area (Å²) in [5, 5.41) is 9.57. The summed E-state index contributed by atoms with van der Waals surface area (Å²) in [5.41, 5.74) is 34.8. The molecule has 0 amide bonds. The normalized spacial score (nSPS) is 27.3. The van der Waals surface area contributed by atoms with Crippen LogP contribution in [-0.2, 0) is 16.2 Å². The Bertz CT molecular complexity index is 5450. The molecular formula is C102H89N3. The molecular weight excluding hydrogens is 1270 g/mol. The fraction of sp³-hybridized carbons (Fsp3) is 0.284. The summed E-state index contributed by atoms with van der Waals surface area (Å²) in [7, 11) is 0. The zero-order valence-electron chi connectivity index (χ0n) is 60.5. The summed E-state index contributed by atoms with van der Waals surface area (Å²) >= 11 is 0. The summed E-state index contributed by atoms with van der Waals surface area (Å²) in [6.07, 6.45) is 19.2. The van der Waals surface area contributed by atoms with Crippen molar-refractivity contribution in [2.45, 2.75) is 126 Å². The summed E-state index contributed by atoms with van der Waals surface area (Å²) in [4.78, 5) is 5.03. The molecule has 2 atom stereocenters. The van der Waals surface area contributed by atoms with E-state index >= 15 is 0 Å². The highest BCUT2D eigenvalue weighted by Crippen LogP contribution is 2.75. The lowest BCUT2D eigenvalue weighted by atomic mass is 9.37. The quantitative estimate of drug-likeness (QED) is 0.129. The molecule has 2 spiro atoms. The van der Waals surface area contributed by atoms with Crippen molar-refractivity contribution in [2.24, 2.45) is 52.8 Å². The van der Waals surface area contributed by atoms with Crippen molar-refractivity contribution in [1.29, 1.82) is 5.26 Å². The highest BCUT2D eigenvalue weighted by molar-refractivity contribution is 5.92. The molecule has 512 valence electrons. The summed E-state index contributed by atoms with van der Waals surface area (Å²) in [6.45, 7) is 4.79. The first-order chi connectivity index (χ1) is 51.6. The fourth-order valence-corrected chi connectivity index (χ4v) is 25.7. The van der Waals surface area contributed by atoms with Crippen LogP contribution < -0.4 is 9.80 Å². The molecule has 12 aliphatic rings. The van der Waals surface area contributed by atoms with Crippen LogP contribution in [0.1, 0.15) is 154 Å². The van der Waals surface area contributed by atoms with Gasteiger partial charge in [0.2, 0.25) is 0 Å². The molecule has 0 saturated heterocycles. The van der Waals surface area contributed by atoms with Crippen molar-refractivity contribution in [3.05, 3.63) is 324 Å². The maximum Gasteiger partial charge on any atom is 0.0991 e. The van der Waals surface area contributed by atoms with Gasteiger partial charge in [-0.25, -0.2) is 0 Å². The van der Waals surface area contributed by atoms with Crippen molar-refractivity contribution in [1.82, 2.24) is 0 Å². The summed E-state index contributed by atoms with van der Waals surface area (Å²) < 4.78 is 0. The second-order valence-electron chi connectivity index (χ2n) is 34.7. The molecule has 8 bridgehead atoms. The molecule has 0 aliphatic heterocycles. The molecule has 3 nitrogen and oxygen atoms in total. The first kappa shape index (κ1) is 62.1. The lowest BCUT2D eigenvalue weighted by molar-refractivity contribution is -0.131. The van der Waals surface area contributed by atoms with E-state index in [0.29, 0.717) is 28.7 Å². The number of hydrogen-bond acceptors (Lipinski definition) is 3. The molecule has 12 aromatic carbocycles. The van der Waals surface area contributed by atoms with Crippen LogP contribution in [0.25, 0.3) is 66.8 Å². The predicted molar refractivity (Wildman–Crippen MR) is 431 cm³/mol. The molecule has 105 heavy (non-hydrogen) atoms. The van der Waals surface area contributed by atoms with Crippen LogP contribution in [0.2, 0.25) is 0 Å². The van der Waals surface area contributed by atoms with Crippen LogP contribution in [0.5, 0.6) is 0 Å². The Morgan fingerprint density at radius 2 is 0.676 bits per heavy atom. The minimum absolute atomic E-state index is 0.0444. The van der Waals surface area contributed by atoms with Gasteiger partial charge in [0, 0.05) is 50.4 Å². The zero-order chi connectivity index (χ0) is 69.5. The van der Waals surface area contributed by atoms with Gasteiger partial charge in [-0.15, -0.1) is 0 Å². The van der Waals surface area contributed by atoms with Gasteiger partial charge in [0.1, 0.15) is 0 Å². The lowest BCUT2D eigenvalue weighted by Crippen LogP contribution is -2.61. The van der Waals surface area contributed by atoms with Crippen molar-refractivity contribution in [2.75, 3.05) is 9.80 Å². The monoisotopic (exact) mass is 1360 g/mol. The van der Waals surface area contributed by atoms with Gasteiger partial charge in [0.15, 0.2) is 0 Å². The lowest BCUT2D eigenvalue weighted by Gasteiger charge is -2.67. The molecule has 12 aliphatic carbocycles. The van der Waals surface area contributed by atoms with Crippen LogP contribution in [0.15, 0.2) is 279 Å². The van der Waals surface area contributed by atoms with Gasteiger partial charge < -0.3 is 9.80 Å². The van der Waals surface area contributed by atoms with E-state index in [1.54, 1.807) is 22.3 Å². The van der Waals surface area contributed by atoms with E-state index in [9.17, 15) is 5.26 Å². The number of rotatable bonds is 11. The topological polar surface area (TPSA) is 30.3 Å². The number of benzene rings is 12. The summed E-state index contributed by atoms with van der Waals surface area (Å²) in [5.74, 6) is 6.87. The number of anilines is 6. The third-order valence-electron chi connectivity index (χ3n) is 29.7. The molecule has 0 heterocycles. The van der Waals surface area contributed by atoms with Gasteiger partial charge in [-0.2, -0.15) is 5.26 Å². The predicted octanol–water partition coefficient (Wildman–Crippen LogP) is 26.6. The Balaban J connectivity index is 0.528. The van der Waals surface area contributed by atoms with E-state index in [0.717, 1.165) is 52.3 Å². The van der Waals surface area contributed by atoms with E-state index in [-0.39, 0.29) is 16.2 Å². The smallest absolute Gasteiger partial charge is 0.0991 e. The number of nitriles is 1. The number of nitrogens with zero attached hydrogens (tertiary/aromatic N) is 3. The molecule has 12 aromatic rings. The van der Waals surface area contributed by atoms with Crippen molar-refractivity contribution >= 4 is 34.1 Å². The molecule has 9 saturated carbocycles. The van der Waals surface area contributed by atoms with Crippen LogP contribution in [-0.4, -0.2) is 0 Å². The molecule has 0 radical (unpaired) electrons. The number of fused-ring (bicyclic) bond motifs is 9. The molecule has 3 heteroatoms. The van der Waals surface area contributed by atoms with Crippen molar-refractivity contribution in [3.63, 3.8) is 0 Å². The van der Waals surface area contributed by atoms with Crippen LogP contribution in [0.4, 0.5) is 34.1 Å². The third-order valence-corrected chi connectivity index (χ3v) is 29.7. The molecule has 0 N–H and O–H groups in total. The molecule has 2 unspecified atom stereocenters. The number of hydrogen-bond donors (Lipinski definition) is 0. The Labute approximate surface area is 620 Å². The highest BCUT2D eigenvalue weighted by Gasteiger charge is 2.67. The SMILES string of the molecule is CC1(C)c2ccccc2-c2ccc(N(c3ccc(-c4ccc(C#N)cc4)cc3)c3ccc4c(c3)-c3ccccc3C43C4CC5CC3CC(C3CCC(c6ccc(-c7ccc(N(c8ccc(-c9ccccc9)cc8)c8ccc9c(c8)-c8ccccc8C98C9CC%10CC(C9)CC8C%10)cc7)cc6)CC3)(C5)C4)cc21. The van der Waals surface area contributed by atoms with Crippen molar-refractivity contribution < 1.29 is 0 Å². The third kappa shape index (κ3) is 9.20. The second kappa shape index (κ2) is 23.4. The van der Waals surface area contributed by atoms with Gasteiger partial charge >= 0.3 is 0 Å².